The SMILES string of the molecule is O=C(O)CN(CC(=O)NCCc1cccs1)CC1CC1. The number of carboxylic acid groups (broad SMARTS) is 1. The van der Waals surface area contributed by atoms with Crippen molar-refractivity contribution < 1.29 is 14.7 Å². The van der Waals surface area contributed by atoms with Crippen molar-refractivity contribution in [1.82, 2.24) is 10.2 Å². The molecule has 110 valence electrons. The zero-order valence-corrected chi connectivity index (χ0v) is 12.2. The van der Waals surface area contributed by atoms with Gasteiger partial charge < -0.3 is 10.4 Å². The quantitative estimate of drug-likeness (QED) is 0.718. The molecule has 2 rings (SSSR count). The normalized spacial score (nSPS) is 14.4. The van der Waals surface area contributed by atoms with E-state index < -0.39 is 5.97 Å². The predicted octanol–water partition coefficient (Wildman–Crippen LogP) is 1.20. The molecule has 0 aromatic carbocycles. The molecule has 1 aromatic heterocycles. The van der Waals surface area contributed by atoms with Crippen LogP contribution >= 0.6 is 11.3 Å². The first-order chi connectivity index (χ1) is 9.63. The highest BCUT2D eigenvalue weighted by Crippen LogP contribution is 2.29. The van der Waals surface area contributed by atoms with E-state index in [4.69, 9.17) is 5.11 Å². The van der Waals surface area contributed by atoms with E-state index in [0.717, 1.165) is 19.3 Å². The largest absolute Gasteiger partial charge is 0.480 e. The van der Waals surface area contributed by atoms with Gasteiger partial charge in [-0.3, -0.25) is 14.5 Å². The Morgan fingerprint density at radius 1 is 1.40 bits per heavy atom. The molecular formula is C14H20N2O3S. The van der Waals surface area contributed by atoms with Crippen molar-refractivity contribution in [2.45, 2.75) is 19.3 Å². The Balaban J connectivity index is 1.68. The minimum atomic E-state index is -0.878. The van der Waals surface area contributed by atoms with Crippen LogP contribution in [0.2, 0.25) is 0 Å². The van der Waals surface area contributed by atoms with Crippen LogP contribution in [0.1, 0.15) is 17.7 Å². The predicted molar refractivity (Wildman–Crippen MR) is 77.8 cm³/mol. The minimum Gasteiger partial charge on any atom is -0.480 e. The van der Waals surface area contributed by atoms with Gasteiger partial charge in [0.15, 0.2) is 0 Å². The molecule has 0 unspecified atom stereocenters. The lowest BCUT2D eigenvalue weighted by Gasteiger charge is -2.19. The second-order valence-electron chi connectivity index (χ2n) is 5.19. The van der Waals surface area contributed by atoms with Crippen LogP contribution in [0, 0.1) is 5.92 Å². The highest BCUT2D eigenvalue weighted by atomic mass is 32.1. The number of hydrogen-bond donors (Lipinski definition) is 2. The Hall–Kier alpha value is -1.40. The molecule has 0 radical (unpaired) electrons. The van der Waals surface area contributed by atoms with Crippen LogP contribution in [0.25, 0.3) is 0 Å². The Morgan fingerprint density at radius 3 is 2.80 bits per heavy atom. The van der Waals surface area contributed by atoms with Gasteiger partial charge in [0.05, 0.1) is 13.1 Å². The summed E-state index contributed by atoms with van der Waals surface area (Å²) in [5.74, 6) is -0.395. The van der Waals surface area contributed by atoms with Crippen molar-refractivity contribution in [2.24, 2.45) is 5.92 Å². The molecule has 1 amide bonds. The molecule has 1 aromatic rings. The van der Waals surface area contributed by atoms with Crippen molar-refractivity contribution >= 4 is 23.2 Å². The van der Waals surface area contributed by atoms with Gasteiger partial charge in [0.2, 0.25) is 5.91 Å². The molecule has 0 atom stereocenters. The van der Waals surface area contributed by atoms with Crippen LogP contribution in [0.5, 0.6) is 0 Å². The standard InChI is InChI=1S/C14H20N2O3S/c17-13(15-6-5-12-2-1-7-20-12)9-16(10-14(18)19)8-11-3-4-11/h1-2,7,11H,3-6,8-10H2,(H,15,17)(H,18,19). The Kier molecular flexibility index (Phi) is 5.55. The molecule has 0 bridgehead atoms. The second-order valence-corrected chi connectivity index (χ2v) is 6.22. The molecule has 6 heteroatoms. The lowest BCUT2D eigenvalue weighted by Crippen LogP contribution is -2.41. The lowest BCUT2D eigenvalue weighted by atomic mass is 10.3. The topological polar surface area (TPSA) is 69.6 Å². The summed E-state index contributed by atoms with van der Waals surface area (Å²) in [6, 6.07) is 4.03. The van der Waals surface area contributed by atoms with Gasteiger partial charge in [0.25, 0.3) is 0 Å². The van der Waals surface area contributed by atoms with E-state index in [-0.39, 0.29) is 19.0 Å². The zero-order chi connectivity index (χ0) is 14.4. The van der Waals surface area contributed by atoms with Crippen LogP contribution in [-0.2, 0) is 16.0 Å². The highest BCUT2D eigenvalue weighted by Gasteiger charge is 2.26. The molecule has 20 heavy (non-hydrogen) atoms. The van der Waals surface area contributed by atoms with Gasteiger partial charge >= 0.3 is 5.97 Å². The Labute approximate surface area is 122 Å². The zero-order valence-electron chi connectivity index (χ0n) is 11.4. The van der Waals surface area contributed by atoms with Crippen LogP contribution in [0.15, 0.2) is 17.5 Å². The van der Waals surface area contributed by atoms with Crippen molar-refractivity contribution in [3.8, 4) is 0 Å². The third-order valence-electron chi connectivity index (χ3n) is 3.21. The monoisotopic (exact) mass is 296 g/mol. The van der Waals surface area contributed by atoms with Gasteiger partial charge in [0, 0.05) is 18.0 Å². The summed E-state index contributed by atoms with van der Waals surface area (Å²) < 4.78 is 0. The fourth-order valence-corrected chi connectivity index (χ4v) is 2.79. The maximum atomic E-state index is 11.8. The fraction of sp³-hybridized carbons (Fsp3) is 0.571. The van der Waals surface area contributed by atoms with E-state index in [1.165, 1.54) is 4.88 Å². The molecule has 1 fully saturated rings. The van der Waals surface area contributed by atoms with Gasteiger partial charge in [-0.25, -0.2) is 0 Å². The van der Waals surface area contributed by atoms with E-state index in [1.54, 1.807) is 16.2 Å². The second kappa shape index (κ2) is 7.40. The molecule has 0 aliphatic heterocycles. The molecule has 1 heterocycles. The maximum Gasteiger partial charge on any atom is 0.317 e. The van der Waals surface area contributed by atoms with Crippen LogP contribution in [0.3, 0.4) is 0 Å². The molecule has 5 nitrogen and oxygen atoms in total. The number of carbonyl (C=O) groups is 2. The highest BCUT2D eigenvalue weighted by molar-refractivity contribution is 7.09. The number of thiophene rings is 1. The summed E-state index contributed by atoms with van der Waals surface area (Å²) >= 11 is 1.67. The van der Waals surface area contributed by atoms with Crippen LogP contribution < -0.4 is 5.32 Å². The molecule has 0 spiro atoms. The number of carboxylic acids is 1. The maximum absolute atomic E-state index is 11.8. The average Bonchev–Trinajstić information content (AvgIpc) is 3.02. The summed E-state index contributed by atoms with van der Waals surface area (Å²) in [7, 11) is 0. The number of nitrogens with one attached hydrogen (secondary N) is 1. The van der Waals surface area contributed by atoms with Crippen molar-refractivity contribution in [1.29, 1.82) is 0 Å². The number of nitrogens with zero attached hydrogens (tertiary/aromatic N) is 1. The lowest BCUT2D eigenvalue weighted by molar-refractivity contribution is -0.138. The summed E-state index contributed by atoms with van der Waals surface area (Å²) in [5.41, 5.74) is 0. The van der Waals surface area contributed by atoms with Gasteiger partial charge in [0.1, 0.15) is 0 Å². The van der Waals surface area contributed by atoms with E-state index in [0.29, 0.717) is 19.0 Å². The molecular weight excluding hydrogens is 276 g/mol. The van der Waals surface area contributed by atoms with Gasteiger partial charge in [-0.1, -0.05) is 6.07 Å². The number of aliphatic carboxylic acids is 1. The smallest absolute Gasteiger partial charge is 0.317 e. The fourth-order valence-electron chi connectivity index (χ4n) is 2.08. The summed E-state index contributed by atoms with van der Waals surface area (Å²) in [4.78, 5) is 25.6. The Morgan fingerprint density at radius 2 is 2.20 bits per heavy atom. The first-order valence-corrected chi connectivity index (χ1v) is 7.74. The van der Waals surface area contributed by atoms with E-state index in [2.05, 4.69) is 5.32 Å². The first-order valence-electron chi connectivity index (χ1n) is 6.86. The third kappa shape index (κ3) is 5.71. The number of amides is 1. The van der Waals surface area contributed by atoms with E-state index in [1.807, 2.05) is 17.5 Å². The van der Waals surface area contributed by atoms with E-state index >= 15 is 0 Å². The number of carbonyl (C=O) groups excluding carboxylic acids is 1. The van der Waals surface area contributed by atoms with Gasteiger partial charge in [-0.05, 0) is 36.6 Å². The van der Waals surface area contributed by atoms with E-state index in [9.17, 15) is 9.59 Å². The minimum absolute atomic E-state index is 0.0607. The summed E-state index contributed by atoms with van der Waals surface area (Å²) in [6.07, 6.45) is 3.12. The Bertz CT molecular complexity index is 443. The van der Waals surface area contributed by atoms with Crippen molar-refractivity contribution in [3.05, 3.63) is 22.4 Å². The summed E-state index contributed by atoms with van der Waals surface area (Å²) in [6.45, 7) is 1.43. The molecule has 1 aliphatic carbocycles. The third-order valence-corrected chi connectivity index (χ3v) is 4.15. The van der Waals surface area contributed by atoms with Gasteiger partial charge in [-0.2, -0.15) is 0 Å². The number of rotatable bonds is 9. The average molecular weight is 296 g/mol. The van der Waals surface area contributed by atoms with Crippen molar-refractivity contribution in [3.63, 3.8) is 0 Å². The molecule has 0 saturated heterocycles. The van der Waals surface area contributed by atoms with Crippen molar-refractivity contribution in [2.75, 3.05) is 26.2 Å². The summed E-state index contributed by atoms with van der Waals surface area (Å²) in [5, 5.41) is 13.7. The van der Waals surface area contributed by atoms with Gasteiger partial charge in [-0.15, -0.1) is 11.3 Å². The molecule has 2 N–H and O–H groups in total. The first kappa shape index (κ1) is 15.0. The van der Waals surface area contributed by atoms with Crippen LogP contribution in [-0.4, -0.2) is 48.1 Å². The van der Waals surface area contributed by atoms with Crippen LogP contribution in [0.4, 0.5) is 0 Å². The molecule has 1 aliphatic rings. The molecule has 1 saturated carbocycles. The number of hydrogen-bond acceptors (Lipinski definition) is 4.